The molecule has 9 aliphatic rings. The lowest BCUT2D eigenvalue weighted by Gasteiger charge is -2.42. The molecular formula is C43H50N2S. The van der Waals surface area contributed by atoms with Crippen LogP contribution in [0.4, 0.5) is 0 Å². The van der Waals surface area contributed by atoms with Crippen molar-refractivity contribution in [2.24, 2.45) is 34.1 Å². The molecule has 4 fully saturated rings. The Morgan fingerprint density at radius 2 is 1.78 bits per heavy atom. The Morgan fingerprint density at radius 1 is 0.935 bits per heavy atom. The summed E-state index contributed by atoms with van der Waals surface area (Å²) in [7, 11) is 0. The summed E-state index contributed by atoms with van der Waals surface area (Å²) in [5.74, 6) is 2.56. The molecule has 1 N–H and O–H groups in total. The fourth-order valence-corrected chi connectivity index (χ4v) is 13.3. The van der Waals surface area contributed by atoms with E-state index in [4.69, 9.17) is 4.99 Å². The summed E-state index contributed by atoms with van der Waals surface area (Å²) in [4.78, 5) is 7.03. The molecule has 3 heteroatoms. The van der Waals surface area contributed by atoms with Crippen molar-refractivity contribution in [3.63, 3.8) is 0 Å². The minimum atomic E-state index is 0.0112. The van der Waals surface area contributed by atoms with Crippen LogP contribution in [-0.2, 0) is 5.41 Å². The summed E-state index contributed by atoms with van der Waals surface area (Å²) in [6, 6.07) is 7.29. The summed E-state index contributed by atoms with van der Waals surface area (Å²) in [5, 5.41) is 4.77. The standard InChI is InChI=1S/C43H50N2S/c1-42(2)33-20-13-18-29(39-40-38(28-17-8-10-21-36(28)46-40)44-41(45-39)26-14-5-3-6-15-26)37(33)31-24-30-27-16-7-9-19-32(27)43(22-11-4-12-23-43)35(30)25-34(31)42/h7,9,13,17-20,24-27,30,35-36,41,45H,3-6,8,10-12,14-16,21-23H2,1-2H3. The third-order valence-electron chi connectivity index (χ3n) is 14.0. The molecule has 5 unspecified atom stereocenters. The number of thioether (sulfide) groups is 1. The largest absolute Gasteiger partial charge is 0.362 e. The number of hydrogen-bond acceptors (Lipinski definition) is 3. The molecule has 2 heterocycles. The predicted octanol–water partition coefficient (Wildman–Crippen LogP) is 10.8. The molecule has 1 aromatic rings. The molecule has 2 aliphatic heterocycles. The summed E-state index contributed by atoms with van der Waals surface area (Å²) in [6.45, 7) is 5.04. The number of nitrogens with zero attached hydrogens (tertiary/aromatic N) is 1. The van der Waals surface area contributed by atoms with Crippen molar-refractivity contribution in [3.05, 3.63) is 93.0 Å². The number of allylic oxidation sites excluding steroid dienone is 10. The van der Waals surface area contributed by atoms with E-state index in [9.17, 15) is 0 Å². The summed E-state index contributed by atoms with van der Waals surface area (Å²) >= 11 is 2.12. The molecule has 1 spiro atoms. The molecule has 3 saturated carbocycles. The van der Waals surface area contributed by atoms with Gasteiger partial charge < -0.3 is 5.32 Å². The van der Waals surface area contributed by atoms with E-state index >= 15 is 0 Å². The van der Waals surface area contributed by atoms with Crippen LogP contribution in [0.5, 0.6) is 0 Å². The first-order valence-corrected chi connectivity index (χ1v) is 19.8. The Hall–Kier alpha value is -2.52. The van der Waals surface area contributed by atoms with Crippen LogP contribution in [0, 0.1) is 29.1 Å². The summed E-state index contributed by atoms with van der Waals surface area (Å²) in [6.07, 6.45) is 34.5. The highest BCUT2D eigenvalue weighted by atomic mass is 32.2. The lowest BCUT2D eigenvalue weighted by atomic mass is 9.62. The summed E-state index contributed by atoms with van der Waals surface area (Å²) in [5.41, 5.74) is 14.2. The number of nitrogens with one attached hydrogen (secondary N) is 1. The van der Waals surface area contributed by atoms with Gasteiger partial charge in [0.25, 0.3) is 0 Å². The van der Waals surface area contributed by atoms with E-state index < -0.39 is 0 Å². The van der Waals surface area contributed by atoms with E-state index in [2.05, 4.69) is 85.6 Å². The van der Waals surface area contributed by atoms with Gasteiger partial charge in [-0.15, -0.1) is 11.8 Å². The first kappa shape index (κ1) is 28.5. The van der Waals surface area contributed by atoms with Crippen molar-refractivity contribution in [2.75, 3.05) is 0 Å². The Morgan fingerprint density at radius 3 is 2.65 bits per heavy atom. The van der Waals surface area contributed by atoms with Gasteiger partial charge in [-0.05, 0) is 108 Å². The molecule has 46 heavy (non-hydrogen) atoms. The van der Waals surface area contributed by atoms with Crippen molar-refractivity contribution in [3.8, 4) is 0 Å². The van der Waals surface area contributed by atoms with Crippen molar-refractivity contribution in [1.29, 1.82) is 0 Å². The van der Waals surface area contributed by atoms with Crippen molar-refractivity contribution < 1.29 is 0 Å². The Labute approximate surface area is 280 Å². The van der Waals surface area contributed by atoms with E-state index in [0.717, 1.165) is 0 Å². The molecule has 238 valence electrons. The topological polar surface area (TPSA) is 24.4 Å². The molecule has 5 atom stereocenters. The number of fused-ring (bicyclic) bond motifs is 11. The minimum Gasteiger partial charge on any atom is -0.362 e. The van der Waals surface area contributed by atoms with Gasteiger partial charge in [0.05, 0.1) is 16.3 Å². The third-order valence-corrected chi connectivity index (χ3v) is 15.4. The van der Waals surface area contributed by atoms with Crippen LogP contribution in [0.25, 0.3) is 11.3 Å². The zero-order valence-corrected chi connectivity index (χ0v) is 28.7. The van der Waals surface area contributed by atoms with Crippen LogP contribution < -0.4 is 5.32 Å². The molecule has 0 bridgehead atoms. The molecule has 0 amide bonds. The number of aliphatic imine (C=N–C) groups is 1. The second-order valence-electron chi connectivity index (χ2n) is 16.6. The molecular weight excluding hydrogens is 577 g/mol. The van der Waals surface area contributed by atoms with Gasteiger partial charge in [-0.2, -0.15) is 0 Å². The molecule has 2 nitrogen and oxygen atoms in total. The lowest BCUT2D eigenvalue weighted by molar-refractivity contribution is 0.183. The third kappa shape index (κ3) is 3.93. The molecule has 0 aromatic heterocycles. The zero-order valence-electron chi connectivity index (χ0n) is 27.9. The molecule has 10 rings (SSSR count). The first-order chi connectivity index (χ1) is 22.5. The molecule has 0 radical (unpaired) electrons. The van der Waals surface area contributed by atoms with E-state index in [0.29, 0.717) is 34.3 Å². The minimum absolute atomic E-state index is 0.0112. The van der Waals surface area contributed by atoms with Crippen LogP contribution in [0.15, 0.2) is 81.3 Å². The Kier molecular flexibility index (Phi) is 6.50. The van der Waals surface area contributed by atoms with Crippen molar-refractivity contribution >= 4 is 28.7 Å². The van der Waals surface area contributed by atoms with Crippen LogP contribution >= 0.6 is 11.8 Å². The van der Waals surface area contributed by atoms with Gasteiger partial charge in [-0.1, -0.05) is 113 Å². The second-order valence-corrected chi connectivity index (χ2v) is 17.8. The molecule has 1 saturated heterocycles. The van der Waals surface area contributed by atoms with E-state index in [1.165, 1.54) is 123 Å². The maximum atomic E-state index is 5.59. The van der Waals surface area contributed by atoms with Gasteiger partial charge in [-0.3, -0.25) is 4.99 Å². The number of hydrogen-bond donors (Lipinski definition) is 1. The Bertz CT molecular complexity index is 1710. The second kappa shape index (κ2) is 10.5. The maximum absolute atomic E-state index is 5.59. The Balaban J connectivity index is 1.13. The highest BCUT2D eigenvalue weighted by molar-refractivity contribution is 8.05. The van der Waals surface area contributed by atoms with Gasteiger partial charge in [0.1, 0.15) is 6.17 Å². The number of rotatable bonds is 2. The van der Waals surface area contributed by atoms with Crippen molar-refractivity contribution in [2.45, 2.75) is 121 Å². The van der Waals surface area contributed by atoms with E-state index in [-0.39, 0.29) is 11.6 Å². The van der Waals surface area contributed by atoms with Crippen LogP contribution in [0.2, 0.25) is 0 Å². The van der Waals surface area contributed by atoms with E-state index in [1.807, 2.05) is 0 Å². The fraction of sp³-hybridized carbons (Fsp3) is 0.558. The SMILES string of the molecule is CC1(C)C2=CC3C(C=C2c2c(C4=C5SC6CCCC=C6C5=NC(C5CCCCC5)N4)cccc21)C1CC=CC=C1C31CCCCC1. The highest BCUT2D eigenvalue weighted by Gasteiger charge is 2.57. The first-order valence-electron chi connectivity index (χ1n) is 19.0. The highest BCUT2D eigenvalue weighted by Crippen LogP contribution is 2.67. The van der Waals surface area contributed by atoms with Crippen molar-refractivity contribution in [1.82, 2.24) is 5.32 Å². The lowest BCUT2D eigenvalue weighted by Crippen LogP contribution is -2.39. The average molecular weight is 627 g/mol. The summed E-state index contributed by atoms with van der Waals surface area (Å²) < 4.78 is 0. The van der Waals surface area contributed by atoms with Crippen LogP contribution in [-0.4, -0.2) is 17.1 Å². The normalized spacial score (nSPS) is 35.0. The maximum Gasteiger partial charge on any atom is 0.122 e. The molecule has 7 aliphatic carbocycles. The van der Waals surface area contributed by atoms with Crippen LogP contribution in [0.1, 0.15) is 120 Å². The number of benzene rings is 1. The van der Waals surface area contributed by atoms with Gasteiger partial charge in [-0.25, -0.2) is 0 Å². The van der Waals surface area contributed by atoms with Crippen LogP contribution in [0.3, 0.4) is 0 Å². The monoisotopic (exact) mass is 626 g/mol. The smallest absolute Gasteiger partial charge is 0.122 e. The van der Waals surface area contributed by atoms with Gasteiger partial charge in [0.2, 0.25) is 0 Å². The van der Waals surface area contributed by atoms with Gasteiger partial charge in [0, 0.05) is 16.2 Å². The predicted molar refractivity (Wildman–Crippen MR) is 195 cm³/mol. The molecule has 1 aromatic carbocycles. The van der Waals surface area contributed by atoms with Gasteiger partial charge in [0.15, 0.2) is 0 Å². The average Bonchev–Trinajstić information content (AvgIpc) is 3.69. The quantitative estimate of drug-likeness (QED) is 0.353. The fourth-order valence-electron chi connectivity index (χ4n) is 11.8. The zero-order chi connectivity index (χ0) is 30.6. The van der Waals surface area contributed by atoms with Gasteiger partial charge >= 0.3 is 0 Å². The van der Waals surface area contributed by atoms with E-state index in [1.54, 1.807) is 22.3 Å².